The normalized spacial score (nSPS) is 29.1. The van der Waals surface area contributed by atoms with Gasteiger partial charge in [-0.2, -0.15) is 0 Å². The molecule has 1 aliphatic rings. The van der Waals surface area contributed by atoms with Gasteiger partial charge in [-0.05, 0) is 73.3 Å². The van der Waals surface area contributed by atoms with Gasteiger partial charge in [0.25, 0.3) is 0 Å². The molecule has 0 saturated carbocycles. The number of carbonyl (C=O) groups is 1. The lowest BCUT2D eigenvalue weighted by Crippen LogP contribution is -2.39. The molecule has 0 fully saturated rings. The van der Waals surface area contributed by atoms with Gasteiger partial charge in [0.2, 0.25) is 0 Å². The number of aldehydes is 1. The molecule has 1 aromatic carbocycles. The average Bonchev–Trinajstić information content (AvgIpc) is 2.39. The minimum absolute atomic E-state index is 0.316. The number of aryl methyl sites for hydroxylation is 2. The summed E-state index contributed by atoms with van der Waals surface area (Å²) in [6.07, 6.45) is 4.53. The second kappa shape index (κ2) is 5.35. The molecule has 0 N–H and O–H groups in total. The molecule has 0 heterocycles. The van der Waals surface area contributed by atoms with Crippen LogP contribution in [0.5, 0.6) is 0 Å². The van der Waals surface area contributed by atoms with Gasteiger partial charge < -0.3 is 4.79 Å². The first kappa shape index (κ1) is 15.3. The van der Waals surface area contributed by atoms with Crippen molar-refractivity contribution >= 4 is 6.29 Å². The predicted octanol–water partition coefficient (Wildman–Crippen LogP) is 4.86. The van der Waals surface area contributed by atoms with Gasteiger partial charge in [0, 0.05) is 0 Å². The van der Waals surface area contributed by atoms with Crippen molar-refractivity contribution in [3.8, 4) is 0 Å². The van der Waals surface area contributed by atoms with Gasteiger partial charge in [-0.1, -0.05) is 33.3 Å². The van der Waals surface area contributed by atoms with E-state index in [9.17, 15) is 4.79 Å². The van der Waals surface area contributed by atoms with Gasteiger partial charge in [0.05, 0.1) is 5.41 Å². The highest BCUT2D eigenvalue weighted by Gasteiger charge is 2.42. The zero-order valence-electron chi connectivity index (χ0n) is 13.8. The van der Waals surface area contributed by atoms with E-state index < -0.39 is 0 Å². The quantitative estimate of drug-likeness (QED) is 0.718. The van der Waals surface area contributed by atoms with Gasteiger partial charge >= 0.3 is 0 Å². The van der Waals surface area contributed by atoms with E-state index in [2.05, 4.69) is 47.6 Å². The smallest absolute Gasteiger partial charge is 0.130 e. The molecule has 3 atom stereocenters. The summed E-state index contributed by atoms with van der Waals surface area (Å²) in [6.45, 7) is 13.3. The fourth-order valence-corrected chi connectivity index (χ4v) is 4.18. The Bertz CT molecular complexity index is 529. The van der Waals surface area contributed by atoms with Crippen molar-refractivity contribution in [2.45, 2.75) is 72.1 Å². The Labute approximate surface area is 123 Å². The summed E-state index contributed by atoms with van der Waals surface area (Å²) in [7, 11) is 0. The molecule has 1 aliphatic carbocycles. The summed E-state index contributed by atoms with van der Waals surface area (Å²) in [5.74, 6) is 0.975. The predicted molar refractivity (Wildman–Crippen MR) is 85.5 cm³/mol. The maximum atomic E-state index is 11.9. The lowest BCUT2D eigenvalue weighted by Gasteiger charge is -2.43. The van der Waals surface area contributed by atoms with Gasteiger partial charge in [0.15, 0.2) is 0 Å². The molecule has 1 aromatic rings. The van der Waals surface area contributed by atoms with Crippen molar-refractivity contribution in [3.63, 3.8) is 0 Å². The number of hydrogen-bond acceptors (Lipinski definition) is 1. The van der Waals surface area contributed by atoms with Gasteiger partial charge in [0.1, 0.15) is 6.29 Å². The molecule has 0 aromatic heterocycles. The lowest BCUT2D eigenvalue weighted by atomic mass is 9.60. The second-order valence-electron chi connectivity index (χ2n) is 6.97. The number of benzene rings is 1. The van der Waals surface area contributed by atoms with E-state index in [1.54, 1.807) is 0 Å². The molecular weight excluding hydrogens is 244 g/mol. The molecule has 0 saturated heterocycles. The largest absolute Gasteiger partial charge is 0.302 e. The van der Waals surface area contributed by atoms with Crippen molar-refractivity contribution in [2.75, 3.05) is 0 Å². The van der Waals surface area contributed by atoms with Crippen LogP contribution in [-0.4, -0.2) is 6.29 Å². The molecule has 1 heteroatoms. The molecular formula is C19H28O. The molecule has 0 spiro atoms. The minimum atomic E-state index is -0.316. The molecule has 1 nitrogen and oxygen atoms in total. The molecule has 110 valence electrons. The van der Waals surface area contributed by atoms with Crippen LogP contribution in [0.15, 0.2) is 6.07 Å². The van der Waals surface area contributed by atoms with Gasteiger partial charge in [-0.25, -0.2) is 0 Å². The Balaban J connectivity index is 2.82. The van der Waals surface area contributed by atoms with E-state index >= 15 is 0 Å². The summed E-state index contributed by atoms with van der Waals surface area (Å²) >= 11 is 0. The fourth-order valence-electron chi connectivity index (χ4n) is 4.18. The van der Waals surface area contributed by atoms with Crippen molar-refractivity contribution < 1.29 is 4.79 Å². The monoisotopic (exact) mass is 272 g/mol. The Morgan fingerprint density at radius 2 is 1.95 bits per heavy atom. The first-order valence-corrected chi connectivity index (χ1v) is 7.96. The third kappa shape index (κ3) is 2.12. The summed E-state index contributed by atoms with van der Waals surface area (Å²) in [5, 5.41) is 0. The first-order chi connectivity index (χ1) is 9.36. The van der Waals surface area contributed by atoms with Crippen LogP contribution >= 0.6 is 0 Å². The highest BCUT2D eigenvalue weighted by Crippen LogP contribution is 2.48. The molecule has 0 radical (unpaired) electrons. The fraction of sp³-hybridized carbons (Fsp3) is 0.632. The van der Waals surface area contributed by atoms with Crippen LogP contribution < -0.4 is 0 Å². The third-order valence-electron chi connectivity index (χ3n) is 5.41. The van der Waals surface area contributed by atoms with Gasteiger partial charge in [-0.3, -0.25) is 0 Å². The second-order valence-corrected chi connectivity index (χ2v) is 6.97. The van der Waals surface area contributed by atoms with Crippen molar-refractivity contribution in [2.24, 2.45) is 5.92 Å². The number of hydrogen-bond donors (Lipinski definition) is 0. The molecule has 0 amide bonds. The Morgan fingerprint density at radius 1 is 1.30 bits per heavy atom. The summed E-state index contributed by atoms with van der Waals surface area (Å²) in [4.78, 5) is 11.9. The van der Waals surface area contributed by atoms with Crippen LogP contribution in [-0.2, 0) is 16.6 Å². The average molecular weight is 272 g/mol. The van der Waals surface area contributed by atoms with E-state index in [1.807, 2.05) is 0 Å². The van der Waals surface area contributed by atoms with Crippen LogP contribution in [0, 0.1) is 19.8 Å². The first-order valence-electron chi connectivity index (χ1n) is 7.96. The zero-order valence-corrected chi connectivity index (χ0v) is 13.8. The molecule has 20 heavy (non-hydrogen) atoms. The van der Waals surface area contributed by atoms with Crippen LogP contribution in [0.25, 0.3) is 0 Å². The standard InChI is InChI=1S/C19H28O/c1-7-8-16-12(2)9-13(3)17-14(4)10-15(5)19(6,11-20)18(16)17/h9,11,14-15H,7-8,10H2,1-6H3. The van der Waals surface area contributed by atoms with Crippen LogP contribution in [0.3, 0.4) is 0 Å². The molecule has 0 bridgehead atoms. The summed E-state index contributed by atoms with van der Waals surface area (Å²) in [5.41, 5.74) is 6.65. The summed E-state index contributed by atoms with van der Waals surface area (Å²) in [6, 6.07) is 2.32. The number of fused-ring (bicyclic) bond motifs is 1. The zero-order chi connectivity index (χ0) is 15.1. The SMILES string of the molecule is CCCc1c(C)cc(C)c2c1C(C)(C=O)C(C)CC2C. The maximum Gasteiger partial charge on any atom is 0.130 e. The Kier molecular flexibility index (Phi) is 4.09. The van der Waals surface area contributed by atoms with Gasteiger partial charge in [-0.15, -0.1) is 0 Å². The van der Waals surface area contributed by atoms with Crippen molar-refractivity contribution in [1.82, 2.24) is 0 Å². The topological polar surface area (TPSA) is 17.1 Å². The van der Waals surface area contributed by atoms with E-state index in [0.717, 1.165) is 19.3 Å². The Morgan fingerprint density at radius 3 is 2.50 bits per heavy atom. The number of carbonyl (C=O) groups excluding carboxylic acids is 1. The Hall–Kier alpha value is -1.11. The minimum Gasteiger partial charge on any atom is -0.302 e. The summed E-state index contributed by atoms with van der Waals surface area (Å²) < 4.78 is 0. The van der Waals surface area contributed by atoms with Crippen LogP contribution in [0.2, 0.25) is 0 Å². The van der Waals surface area contributed by atoms with Crippen LogP contribution in [0.1, 0.15) is 74.3 Å². The third-order valence-corrected chi connectivity index (χ3v) is 5.41. The molecule has 0 aliphatic heterocycles. The van der Waals surface area contributed by atoms with Crippen molar-refractivity contribution in [3.05, 3.63) is 33.9 Å². The van der Waals surface area contributed by atoms with E-state index in [-0.39, 0.29) is 5.41 Å². The molecule has 3 unspecified atom stereocenters. The number of rotatable bonds is 3. The van der Waals surface area contributed by atoms with E-state index in [4.69, 9.17) is 0 Å². The van der Waals surface area contributed by atoms with Crippen molar-refractivity contribution in [1.29, 1.82) is 0 Å². The maximum absolute atomic E-state index is 11.9. The van der Waals surface area contributed by atoms with E-state index in [0.29, 0.717) is 11.8 Å². The highest BCUT2D eigenvalue weighted by molar-refractivity contribution is 5.73. The highest BCUT2D eigenvalue weighted by atomic mass is 16.1. The van der Waals surface area contributed by atoms with E-state index in [1.165, 1.54) is 34.1 Å². The lowest BCUT2D eigenvalue weighted by molar-refractivity contribution is -0.114. The molecule has 2 rings (SSSR count). The van der Waals surface area contributed by atoms with Crippen LogP contribution in [0.4, 0.5) is 0 Å².